The highest BCUT2D eigenvalue weighted by Crippen LogP contribution is 2.29. The molecule has 0 aliphatic carbocycles. The van der Waals surface area contributed by atoms with Crippen LogP contribution in [0.15, 0.2) is 24.4 Å². The number of fused-ring (bicyclic) bond motifs is 1. The van der Waals surface area contributed by atoms with Crippen molar-refractivity contribution in [3.05, 3.63) is 40.8 Å². The fourth-order valence-electron chi connectivity index (χ4n) is 2.00. The zero-order valence-electron chi connectivity index (χ0n) is 10.0. The van der Waals surface area contributed by atoms with Gasteiger partial charge in [0.1, 0.15) is 0 Å². The Kier molecular flexibility index (Phi) is 2.52. The lowest BCUT2D eigenvalue weighted by Gasteiger charge is -2.07. The molecule has 4 nitrogen and oxygen atoms in total. The average molecular weight is 259 g/mol. The maximum atomic E-state index is 5.95. The average Bonchev–Trinajstić information content (AvgIpc) is 2.79. The summed E-state index contributed by atoms with van der Waals surface area (Å²) in [6.45, 7) is 4.11. The lowest BCUT2D eigenvalue weighted by Crippen LogP contribution is -1.92. The van der Waals surface area contributed by atoms with Crippen molar-refractivity contribution in [1.29, 1.82) is 0 Å². The molecule has 18 heavy (non-hydrogen) atoms. The molecule has 90 valence electrons. The number of benzene rings is 1. The summed E-state index contributed by atoms with van der Waals surface area (Å²) >= 11 is 5.95. The van der Waals surface area contributed by atoms with Gasteiger partial charge >= 0.3 is 0 Å². The van der Waals surface area contributed by atoms with Gasteiger partial charge in [0.25, 0.3) is 0 Å². The van der Waals surface area contributed by atoms with Crippen molar-refractivity contribution in [3.8, 4) is 11.3 Å². The van der Waals surface area contributed by atoms with E-state index in [1.165, 1.54) is 5.56 Å². The van der Waals surface area contributed by atoms with Gasteiger partial charge < -0.3 is 0 Å². The first-order valence-corrected chi connectivity index (χ1v) is 5.97. The van der Waals surface area contributed by atoms with Gasteiger partial charge in [-0.15, -0.1) is 0 Å². The first kappa shape index (κ1) is 11.2. The second kappa shape index (κ2) is 4.07. The van der Waals surface area contributed by atoms with Gasteiger partial charge in [0.15, 0.2) is 5.65 Å². The van der Waals surface area contributed by atoms with Crippen LogP contribution in [0, 0.1) is 13.8 Å². The molecular weight excluding hydrogens is 248 g/mol. The molecule has 0 bridgehead atoms. The summed E-state index contributed by atoms with van der Waals surface area (Å²) < 4.78 is 0. The Labute approximate surface area is 109 Å². The highest BCUT2D eigenvalue weighted by Gasteiger charge is 2.12. The second-order valence-corrected chi connectivity index (χ2v) is 4.63. The van der Waals surface area contributed by atoms with E-state index in [4.69, 9.17) is 11.6 Å². The Morgan fingerprint density at radius 3 is 2.83 bits per heavy atom. The number of hydrogen-bond acceptors (Lipinski definition) is 3. The first-order chi connectivity index (χ1) is 8.65. The number of hydrogen-bond donors (Lipinski definition) is 1. The molecule has 0 atom stereocenters. The molecule has 3 aromatic rings. The molecule has 2 heterocycles. The van der Waals surface area contributed by atoms with Crippen molar-refractivity contribution < 1.29 is 0 Å². The van der Waals surface area contributed by atoms with Crippen LogP contribution in [0.5, 0.6) is 0 Å². The molecule has 3 rings (SSSR count). The second-order valence-electron chi connectivity index (χ2n) is 4.29. The van der Waals surface area contributed by atoms with Gasteiger partial charge in [-0.3, -0.25) is 5.10 Å². The van der Waals surface area contributed by atoms with Gasteiger partial charge in [0.2, 0.25) is 5.28 Å². The van der Waals surface area contributed by atoms with E-state index in [-0.39, 0.29) is 5.28 Å². The van der Waals surface area contributed by atoms with Crippen LogP contribution in [-0.2, 0) is 0 Å². The summed E-state index contributed by atoms with van der Waals surface area (Å²) in [6, 6.07) is 6.25. The van der Waals surface area contributed by atoms with Gasteiger partial charge in [0.05, 0.1) is 17.3 Å². The number of nitrogens with zero attached hydrogens (tertiary/aromatic N) is 3. The summed E-state index contributed by atoms with van der Waals surface area (Å²) in [4.78, 5) is 8.45. The maximum Gasteiger partial charge on any atom is 0.224 e. The van der Waals surface area contributed by atoms with E-state index in [2.05, 4.69) is 52.2 Å². The minimum atomic E-state index is 0.225. The van der Waals surface area contributed by atoms with Crippen molar-refractivity contribution in [2.75, 3.05) is 0 Å². The van der Waals surface area contributed by atoms with Gasteiger partial charge in [0, 0.05) is 5.56 Å². The lowest BCUT2D eigenvalue weighted by atomic mass is 10.0. The molecule has 2 aromatic heterocycles. The molecule has 0 radical (unpaired) electrons. The fourth-order valence-corrected chi connectivity index (χ4v) is 2.17. The van der Waals surface area contributed by atoms with Crippen LogP contribution < -0.4 is 0 Å². The molecule has 0 amide bonds. The predicted molar refractivity (Wildman–Crippen MR) is 71.6 cm³/mol. The number of rotatable bonds is 1. The number of aromatic nitrogens is 4. The van der Waals surface area contributed by atoms with Crippen LogP contribution in [0.3, 0.4) is 0 Å². The van der Waals surface area contributed by atoms with Crippen molar-refractivity contribution in [3.63, 3.8) is 0 Å². The molecule has 1 N–H and O–H groups in total. The number of nitrogens with one attached hydrogen (secondary N) is 1. The zero-order chi connectivity index (χ0) is 12.7. The van der Waals surface area contributed by atoms with Gasteiger partial charge in [-0.2, -0.15) is 10.1 Å². The van der Waals surface area contributed by atoms with Crippen molar-refractivity contribution in [2.45, 2.75) is 13.8 Å². The zero-order valence-corrected chi connectivity index (χ0v) is 10.8. The predicted octanol–water partition coefficient (Wildman–Crippen LogP) is 3.29. The first-order valence-electron chi connectivity index (χ1n) is 5.59. The van der Waals surface area contributed by atoms with E-state index in [1.54, 1.807) is 6.20 Å². The van der Waals surface area contributed by atoms with E-state index in [9.17, 15) is 0 Å². The highest BCUT2D eigenvalue weighted by molar-refractivity contribution is 6.28. The molecule has 0 saturated heterocycles. The Morgan fingerprint density at radius 1 is 1.17 bits per heavy atom. The van der Waals surface area contributed by atoms with Crippen molar-refractivity contribution in [2.24, 2.45) is 0 Å². The molecule has 0 aliphatic rings. The molecule has 0 spiro atoms. The lowest BCUT2D eigenvalue weighted by molar-refractivity contribution is 1.09. The normalized spacial score (nSPS) is 11.1. The molecule has 0 fully saturated rings. The van der Waals surface area contributed by atoms with E-state index < -0.39 is 0 Å². The Hall–Kier alpha value is -1.94. The Morgan fingerprint density at radius 2 is 2.00 bits per heavy atom. The number of aryl methyl sites for hydroxylation is 2. The molecule has 5 heteroatoms. The van der Waals surface area contributed by atoms with Crippen LogP contribution in [0.4, 0.5) is 0 Å². The van der Waals surface area contributed by atoms with Gasteiger partial charge in [-0.05, 0) is 37.1 Å². The largest absolute Gasteiger partial charge is 0.261 e. The quantitative estimate of drug-likeness (QED) is 0.682. The maximum absolute atomic E-state index is 5.95. The summed E-state index contributed by atoms with van der Waals surface area (Å²) in [5, 5.41) is 7.92. The molecule has 0 aliphatic heterocycles. The topological polar surface area (TPSA) is 54.5 Å². The third kappa shape index (κ3) is 1.75. The molecule has 0 saturated carbocycles. The number of H-pyrrole nitrogens is 1. The summed E-state index contributed by atoms with van der Waals surface area (Å²) in [5.41, 5.74) is 4.87. The van der Waals surface area contributed by atoms with Gasteiger partial charge in [-0.1, -0.05) is 17.7 Å². The van der Waals surface area contributed by atoms with E-state index in [0.717, 1.165) is 22.2 Å². The Bertz CT molecular complexity index is 733. The van der Waals surface area contributed by atoms with E-state index in [1.807, 2.05) is 0 Å². The standard InChI is InChI=1S/C13H11ClN4/c1-7-3-4-8(2)9(5-7)11-10-6-15-18-12(10)17-13(14)16-11/h3-6H,1-2H3,(H,15,16,17,18). The number of halogens is 1. The SMILES string of the molecule is Cc1ccc(C)c(-c2nc(Cl)nc3[nH]ncc23)c1. The van der Waals surface area contributed by atoms with Crippen molar-refractivity contribution >= 4 is 22.6 Å². The number of aromatic amines is 1. The van der Waals surface area contributed by atoms with Crippen LogP contribution in [0.1, 0.15) is 11.1 Å². The summed E-state index contributed by atoms with van der Waals surface area (Å²) in [7, 11) is 0. The third-order valence-corrected chi connectivity index (χ3v) is 3.10. The van der Waals surface area contributed by atoms with Crippen LogP contribution in [-0.4, -0.2) is 20.2 Å². The van der Waals surface area contributed by atoms with E-state index >= 15 is 0 Å². The monoisotopic (exact) mass is 258 g/mol. The van der Waals surface area contributed by atoms with E-state index in [0.29, 0.717) is 5.65 Å². The van der Waals surface area contributed by atoms with Crippen LogP contribution >= 0.6 is 11.6 Å². The van der Waals surface area contributed by atoms with Crippen LogP contribution in [0.25, 0.3) is 22.3 Å². The summed E-state index contributed by atoms with van der Waals surface area (Å²) in [5.74, 6) is 0. The minimum absolute atomic E-state index is 0.225. The molecular formula is C13H11ClN4. The molecule has 0 unspecified atom stereocenters. The Balaban J connectivity index is 2.37. The summed E-state index contributed by atoms with van der Waals surface area (Å²) in [6.07, 6.45) is 1.72. The third-order valence-electron chi connectivity index (χ3n) is 2.93. The van der Waals surface area contributed by atoms with Crippen LogP contribution in [0.2, 0.25) is 5.28 Å². The minimum Gasteiger partial charge on any atom is -0.261 e. The highest BCUT2D eigenvalue weighted by atomic mass is 35.5. The smallest absolute Gasteiger partial charge is 0.224 e. The van der Waals surface area contributed by atoms with Gasteiger partial charge in [-0.25, -0.2) is 4.98 Å². The fraction of sp³-hybridized carbons (Fsp3) is 0.154. The van der Waals surface area contributed by atoms with Crippen molar-refractivity contribution in [1.82, 2.24) is 20.2 Å². The molecule has 1 aromatic carbocycles.